The predicted molar refractivity (Wildman–Crippen MR) is 76.0 cm³/mol. The smallest absolute Gasteiger partial charge is 0.268 e. The lowest BCUT2D eigenvalue weighted by Crippen LogP contribution is -2.23. The molecule has 0 unspecified atom stereocenters. The molecular weight excluding hydrogens is 270 g/mol. The number of aromatic nitrogens is 2. The number of nitrogens with zero attached hydrogens (tertiary/aromatic N) is 3. The quantitative estimate of drug-likeness (QED) is 0.904. The minimum absolute atomic E-state index is 0.0719. The molecule has 0 saturated heterocycles. The molecule has 6 heteroatoms. The van der Waals surface area contributed by atoms with Crippen LogP contribution in [0.3, 0.4) is 0 Å². The highest BCUT2D eigenvalue weighted by Gasteiger charge is 2.13. The van der Waals surface area contributed by atoms with Crippen molar-refractivity contribution in [1.82, 2.24) is 9.55 Å². The third-order valence-electron chi connectivity index (χ3n) is 3.14. The average Bonchev–Trinajstić information content (AvgIpc) is 2.48. The van der Waals surface area contributed by atoms with Gasteiger partial charge in [0.15, 0.2) is 0 Å². The summed E-state index contributed by atoms with van der Waals surface area (Å²) in [7, 11) is 1.51. The highest BCUT2D eigenvalue weighted by molar-refractivity contribution is 5.38. The summed E-state index contributed by atoms with van der Waals surface area (Å²) in [5, 5.41) is 18.4. The van der Waals surface area contributed by atoms with Crippen LogP contribution < -0.4 is 10.3 Å². The molecule has 0 aliphatic carbocycles. The monoisotopic (exact) mass is 285 g/mol. The van der Waals surface area contributed by atoms with Crippen LogP contribution in [-0.4, -0.2) is 21.8 Å². The lowest BCUT2D eigenvalue weighted by atomic mass is 10.1. The number of aliphatic hydroxyl groups excluding tert-OH is 1. The molecule has 0 aromatic carbocycles. The second kappa shape index (κ2) is 6.20. The predicted octanol–water partition coefficient (Wildman–Crippen LogP) is 0.973. The topological polar surface area (TPSA) is 88.1 Å². The van der Waals surface area contributed by atoms with E-state index < -0.39 is 0 Å². The highest BCUT2D eigenvalue weighted by Crippen LogP contribution is 2.22. The molecular formula is C15H15N3O3. The lowest BCUT2D eigenvalue weighted by molar-refractivity contribution is 0.271. The Bertz CT molecular complexity index is 760. The summed E-state index contributed by atoms with van der Waals surface area (Å²) in [5.74, 6) is 0.532. The van der Waals surface area contributed by atoms with Crippen LogP contribution in [0.1, 0.15) is 22.5 Å². The minimum atomic E-state index is -0.383. The van der Waals surface area contributed by atoms with Gasteiger partial charge >= 0.3 is 0 Å². The molecule has 0 saturated carbocycles. The number of aliphatic hydroxyl groups is 1. The van der Waals surface area contributed by atoms with Gasteiger partial charge in [-0.3, -0.25) is 9.78 Å². The second-order valence-electron chi connectivity index (χ2n) is 4.52. The Labute approximate surface area is 121 Å². The number of hydrogen-bond donors (Lipinski definition) is 1. The second-order valence-corrected chi connectivity index (χ2v) is 4.52. The number of methoxy groups -OCH3 is 1. The van der Waals surface area contributed by atoms with Crippen LogP contribution in [-0.2, 0) is 13.2 Å². The molecule has 1 N–H and O–H groups in total. The first kappa shape index (κ1) is 14.8. The third kappa shape index (κ3) is 2.93. The summed E-state index contributed by atoms with van der Waals surface area (Å²) in [5.41, 5.74) is 1.50. The van der Waals surface area contributed by atoms with E-state index in [0.29, 0.717) is 17.0 Å². The van der Waals surface area contributed by atoms with Crippen LogP contribution in [0, 0.1) is 18.3 Å². The third-order valence-corrected chi connectivity index (χ3v) is 3.14. The van der Waals surface area contributed by atoms with E-state index in [9.17, 15) is 9.90 Å². The number of hydrogen-bond acceptors (Lipinski definition) is 5. The molecule has 0 radical (unpaired) electrons. The summed E-state index contributed by atoms with van der Waals surface area (Å²) >= 11 is 0. The maximum Gasteiger partial charge on any atom is 0.268 e. The van der Waals surface area contributed by atoms with E-state index in [1.54, 1.807) is 18.3 Å². The van der Waals surface area contributed by atoms with Gasteiger partial charge in [0.05, 0.1) is 26.0 Å². The molecule has 108 valence electrons. The maximum absolute atomic E-state index is 12.1. The molecule has 2 aromatic heterocycles. The Morgan fingerprint density at radius 3 is 2.90 bits per heavy atom. The fraction of sp³-hybridized carbons (Fsp3) is 0.267. The van der Waals surface area contributed by atoms with Crippen molar-refractivity contribution in [3.8, 4) is 11.8 Å². The number of pyridine rings is 2. The van der Waals surface area contributed by atoms with E-state index in [1.165, 1.54) is 17.7 Å². The van der Waals surface area contributed by atoms with Crippen molar-refractivity contribution in [2.75, 3.05) is 7.11 Å². The van der Waals surface area contributed by atoms with Gasteiger partial charge in [0.25, 0.3) is 5.56 Å². The first-order chi connectivity index (χ1) is 10.1. The zero-order valence-electron chi connectivity index (χ0n) is 11.8. The Morgan fingerprint density at radius 2 is 2.29 bits per heavy atom. The first-order valence-corrected chi connectivity index (χ1v) is 6.34. The van der Waals surface area contributed by atoms with E-state index in [1.807, 2.05) is 13.0 Å². The fourth-order valence-corrected chi connectivity index (χ4v) is 2.12. The molecule has 0 aliphatic heterocycles. The largest absolute Gasteiger partial charge is 0.496 e. The van der Waals surface area contributed by atoms with E-state index in [0.717, 1.165) is 5.69 Å². The summed E-state index contributed by atoms with van der Waals surface area (Å²) in [6.45, 7) is 1.74. The molecule has 0 aliphatic rings. The van der Waals surface area contributed by atoms with Crippen LogP contribution in [0.5, 0.6) is 5.75 Å². The molecule has 0 bridgehead atoms. The van der Waals surface area contributed by atoms with Gasteiger partial charge in [0, 0.05) is 23.5 Å². The van der Waals surface area contributed by atoms with Gasteiger partial charge in [0.2, 0.25) is 0 Å². The van der Waals surface area contributed by atoms with E-state index in [2.05, 4.69) is 4.98 Å². The van der Waals surface area contributed by atoms with Crippen LogP contribution >= 0.6 is 0 Å². The van der Waals surface area contributed by atoms with Crippen molar-refractivity contribution < 1.29 is 9.84 Å². The highest BCUT2D eigenvalue weighted by atomic mass is 16.5. The van der Waals surface area contributed by atoms with Crippen molar-refractivity contribution in [3.63, 3.8) is 0 Å². The zero-order chi connectivity index (χ0) is 15.4. The lowest BCUT2D eigenvalue weighted by Gasteiger charge is -2.13. The number of rotatable bonds is 4. The SMILES string of the molecule is COc1cc(C)nc(Cn2cccc(C#N)c2=O)c1CO. The zero-order valence-corrected chi connectivity index (χ0v) is 11.8. The van der Waals surface area contributed by atoms with Gasteiger partial charge in [-0.1, -0.05) is 0 Å². The molecule has 0 spiro atoms. The number of nitriles is 1. The molecule has 0 amide bonds. The fourth-order valence-electron chi connectivity index (χ4n) is 2.12. The van der Waals surface area contributed by atoms with Gasteiger partial charge in [-0.2, -0.15) is 5.26 Å². The molecule has 6 nitrogen and oxygen atoms in total. The number of ether oxygens (including phenoxy) is 1. The van der Waals surface area contributed by atoms with Crippen LogP contribution in [0.2, 0.25) is 0 Å². The van der Waals surface area contributed by atoms with Gasteiger partial charge in [-0.05, 0) is 19.1 Å². The number of aryl methyl sites for hydroxylation is 1. The van der Waals surface area contributed by atoms with E-state index in [4.69, 9.17) is 10.00 Å². The van der Waals surface area contributed by atoms with Gasteiger partial charge < -0.3 is 14.4 Å². The average molecular weight is 285 g/mol. The Morgan fingerprint density at radius 1 is 1.52 bits per heavy atom. The summed E-state index contributed by atoms with van der Waals surface area (Å²) in [6.07, 6.45) is 1.58. The van der Waals surface area contributed by atoms with Crippen LogP contribution in [0.15, 0.2) is 29.2 Å². The van der Waals surface area contributed by atoms with Crippen LogP contribution in [0.25, 0.3) is 0 Å². The Balaban J connectivity index is 2.52. The van der Waals surface area contributed by atoms with Gasteiger partial charge in [-0.15, -0.1) is 0 Å². The molecule has 21 heavy (non-hydrogen) atoms. The van der Waals surface area contributed by atoms with E-state index >= 15 is 0 Å². The van der Waals surface area contributed by atoms with Crippen molar-refractivity contribution in [1.29, 1.82) is 5.26 Å². The molecule has 2 rings (SSSR count). The Kier molecular flexibility index (Phi) is 4.36. The van der Waals surface area contributed by atoms with Crippen molar-refractivity contribution in [2.24, 2.45) is 0 Å². The van der Waals surface area contributed by atoms with Crippen LogP contribution in [0.4, 0.5) is 0 Å². The molecule has 2 heterocycles. The van der Waals surface area contributed by atoms with Gasteiger partial charge in [0.1, 0.15) is 17.4 Å². The molecule has 2 aromatic rings. The normalized spacial score (nSPS) is 10.2. The standard InChI is InChI=1S/C15H15N3O3/c1-10-6-14(21-2)12(9-19)13(17-10)8-18-5-3-4-11(7-16)15(18)20/h3-6,19H,8-9H2,1-2H3. The van der Waals surface area contributed by atoms with Crippen molar-refractivity contribution in [3.05, 3.63) is 57.3 Å². The Hall–Kier alpha value is -2.65. The van der Waals surface area contributed by atoms with E-state index in [-0.39, 0.29) is 24.3 Å². The minimum Gasteiger partial charge on any atom is -0.496 e. The van der Waals surface area contributed by atoms with Crippen molar-refractivity contribution in [2.45, 2.75) is 20.1 Å². The summed E-state index contributed by atoms with van der Waals surface area (Å²) in [6, 6.07) is 6.68. The first-order valence-electron chi connectivity index (χ1n) is 6.34. The van der Waals surface area contributed by atoms with Gasteiger partial charge in [-0.25, -0.2) is 0 Å². The van der Waals surface area contributed by atoms with Crippen molar-refractivity contribution >= 4 is 0 Å². The maximum atomic E-state index is 12.1. The summed E-state index contributed by atoms with van der Waals surface area (Å²) < 4.78 is 6.62. The summed E-state index contributed by atoms with van der Waals surface area (Å²) in [4.78, 5) is 16.4. The molecule has 0 fully saturated rings. The molecule has 0 atom stereocenters.